The molecule has 15 heavy (non-hydrogen) atoms. The van der Waals surface area contributed by atoms with Crippen LogP contribution in [0.1, 0.15) is 46.0 Å². The highest BCUT2D eigenvalue weighted by Crippen LogP contribution is 2.40. The summed E-state index contributed by atoms with van der Waals surface area (Å²) in [5, 5.41) is 6.02. The van der Waals surface area contributed by atoms with Crippen LogP contribution >= 0.6 is 0 Å². The molecule has 0 radical (unpaired) electrons. The second kappa shape index (κ2) is 5.50. The fraction of sp³-hybridized carbons (Fsp3) is 0.917. The zero-order valence-electron chi connectivity index (χ0n) is 10.2. The van der Waals surface area contributed by atoms with Crippen LogP contribution in [0.2, 0.25) is 0 Å². The Morgan fingerprint density at radius 2 is 2.00 bits per heavy atom. The van der Waals surface area contributed by atoms with E-state index in [0.717, 1.165) is 6.54 Å². The minimum atomic E-state index is -0.0830. The first-order chi connectivity index (χ1) is 7.13. The smallest absolute Gasteiger partial charge is 0.236 e. The highest BCUT2D eigenvalue weighted by Gasteiger charge is 2.32. The van der Waals surface area contributed by atoms with E-state index in [9.17, 15) is 4.79 Å². The first kappa shape index (κ1) is 12.5. The van der Waals surface area contributed by atoms with E-state index in [0.29, 0.717) is 5.41 Å². The van der Waals surface area contributed by atoms with Crippen molar-refractivity contribution < 1.29 is 4.79 Å². The van der Waals surface area contributed by atoms with Crippen LogP contribution in [0.4, 0.5) is 0 Å². The second-order valence-corrected chi connectivity index (χ2v) is 4.79. The lowest BCUT2D eigenvalue weighted by Crippen LogP contribution is -2.44. The van der Waals surface area contributed by atoms with Crippen LogP contribution in [0.3, 0.4) is 0 Å². The molecule has 0 aromatic rings. The third-order valence-corrected chi connectivity index (χ3v) is 3.88. The molecule has 1 saturated carbocycles. The van der Waals surface area contributed by atoms with Gasteiger partial charge in [0.25, 0.3) is 0 Å². The molecule has 1 unspecified atom stereocenters. The van der Waals surface area contributed by atoms with Gasteiger partial charge in [-0.25, -0.2) is 0 Å². The summed E-state index contributed by atoms with van der Waals surface area (Å²) in [6.07, 6.45) is 6.38. The number of hydrogen-bond acceptors (Lipinski definition) is 2. The van der Waals surface area contributed by atoms with Crippen LogP contribution in [0.15, 0.2) is 0 Å². The predicted octanol–water partition coefficient (Wildman–Crippen LogP) is 1.68. The summed E-state index contributed by atoms with van der Waals surface area (Å²) in [7, 11) is 1.81. The molecule has 0 aliphatic heterocycles. The van der Waals surface area contributed by atoms with Gasteiger partial charge in [0.2, 0.25) is 5.91 Å². The van der Waals surface area contributed by atoms with E-state index >= 15 is 0 Å². The average molecular weight is 212 g/mol. The molecule has 1 fully saturated rings. The summed E-state index contributed by atoms with van der Waals surface area (Å²) in [5.74, 6) is 0.122. The summed E-state index contributed by atoms with van der Waals surface area (Å²) >= 11 is 0. The molecule has 0 spiro atoms. The van der Waals surface area contributed by atoms with Crippen molar-refractivity contribution in [1.82, 2.24) is 10.6 Å². The molecule has 0 heterocycles. The lowest BCUT2D eigenvalue weighted by atomic mass is 9.83. The summed E-state index contributed by atoms with van der Waals surface area (Å²) in [5.41, 5.74) is 0.392. The van der Waals surface area contributed by atoms with E-state index in [1.165, 1.54) is 32.1 Å². The number of carbonyl (C=O) groups excluding carboxylic acids is 1. The van der Waals surface area contributed by atoms with Crippen LogP contribution < -0.4 is 10.6 Å². The van der Waals surface area contributed by atoms with E-state index in [4.69, 9.17) is 0 Å². The molecule has 3 heteroatoms. The van der Waals surface area contributed by atoms with Gasteiger partial charge in [-0.3, -0.25) is 4.79 Å². The van der Waals surface area contributed by atoms with Crippen molar-refractivity contribution in [3.63, 3.8) is 0 Å². The van der Waals surface area contributed by atoms with Crippen molar-refractivity contribution in [2.24, 2.45) is 5.41 Å². The number of rotatable bonds is 5. The molecule has 1 rings (SSSR count). The van der Waals surface area contributed by atoms with Crippen LogP contribution in [0, 0.1) is 5.41 Å². The van der Waals surface area contributed by atoms with Crippen LogP contribution in [-0.2, 0) is 4.79 Å². The fourth-order valence-electron chi connectivity index (χ4n) is 2.34. The van der Waals surface area contributed by atoms with E-state index in [2.05, 4.69) is 17.6 Å². The van der Waals surface area contributed by atoms with Crippen molar-refractivity contribution in [2.75, 3.05) is 13.6 Å². The normalized spacial score (nSPS) is 21.3. The molecular weight excluding hydrogens is 188 g/mol. The van der Waals surface area contributed by atoms with Crippen LogP contribution in [-0.4, -0.2) is 25.5 Å². The van der Waals surface area contributed by atoms with E-state index in [1.54, 1.807) is 0 Å². The van der Waals surface area contributed by atoms with Crippen molar-refractivity contribution >= 4 is 5.91 Å². The van der Waals surface area contributed by atoms with Gasteiger partial charge in [-0.2, -0.15) is 0 Å². The molecule has 1 atom stereocenters. The quantitative estimate of drug-likeness (QED) is 0.728. The van der Waals surface area contributed by atoms with Gasteiger partial charge in [-0.05, 0) is 38.6 Å². The van der Waals surface area contributed by atoms with Gasteiger partial charge >= 0.3 is 0 Å². The average Bonchev–Trinajstić information content (AvgIpc) is 2.74. The van der Waals surface area contributed by atoms with Gasteiger partial charge in [0.1, 0.15) is 0 Å². The molecule has 1 aliphatic rings. The summed E-state index contributed by atoms with van der Waals surface area (Å²) < 4.78 is 0. The molecule has 0 aromatic heterocycles. The highest BCUT2D eigenvalue weighted by molar-refractivity contribution is 5.81. The van der Waals surface area contributed by atoms with Crippen molar-refractivity contribution in [2.45, 2.75) is 52.0 Å². The van der Waals surface area contributed by atoms with Gasteiger partial charge in [0, 0.05) is 6.54 Å². The Morgan fingerprint density at radius 3 is 2.47 bits per heavy atom. The van der Waals surface area contributed by atoms with Gasteiger partial charge in [-0.15, -0.1) is 0 Å². The van der Waals surface area contributed by atoms with Gasteiger partial charge < -0.3 is 10.6 Å². The molecule has 2 N–H and O–H groups in total. The molecule has 0 bridgehead atoms. The molecular formula is C12H24N2O. The molecule has 88 valence electrons. The predicted molar refractivity (Wildman–Crippen MR) is 62.7 cm³/mol. The standard InChI is InChI=1S/C12H24N2O/c1-4-12(7-5-6-8-12)9-14-11(15)10(2)13-3/h10,13H,4-9H2,1-3H3,(H,14,15). The largest absolute Gasteiger partial charge is 0.354 e. The Labute approximate surface area is 93.0 Å². The van der Waals surface area contributed by atoms with Crippen molar-refractivity contribution in [3.8, 4) is 0 Å². The Hall–Kier alpha value is -0.570. The highest BCUT2D eigenvalue weighted by atomic mass is 16.2. The number of carbonyl (C=O) groups is 1. The maximum atomic E-state index is 11.6. The third-order valence-electron chi connectivity index (χ3n) is 3.88. The van der Waals surface area contributed by atoms with E-state index < -0.39 is 0 Å². The lowest BCUT2D eigenvalue weighted by Gasteiger charge is -2.28. The van der Waals surface area contributed by atoms with E-state index in [-0.39, 0.29) is 11.9 Å². The first-order valence-electron chi connectivity index (χ1n) is 6.08. The topological polar surface area (TPSA) is 41.1 Å². The number of nitrogens with one attached hydrogen (secondary N) is 2. The molecule has 1 amide bonds. The Kier molecular flexibility index (Phi) is 4.58. The Bertz CT molecular complexity index is 210. The maximum Gasteiger partial charge on any atom is 0.236 e. The first-order valence-corrected chi connectivity index (χ1v) is 6.08. The molecule has 0 saturated heterocycles. The molecule has 0 aromatic carbocycles. The minimum absolute atomic E-state index is 0.0830. The summed E-state index contributed by atoms with van der Waals surface area (Å²) in [4.78, 5) is 11.6. The molecule has 1 aliphatic carbocycles. The SMILES string of the molecule is CCC1(CNC(=O)C(C)NC)CCCC1. The van der Waals surface area contributed by atoms with Crippen molar-refractivity contribution in [3.05, 3.63) is 0 Å². The number of likely N-dealkylation sites (N-methyl/N-ethyl adjacent to an activating group) is 1. The number of hydrogen-bond donors (Lipinski definition) is 2. The van der Waals surface area contributed by atoms with Crippen LogP contribution in [0.25, 0.3) is 0 Å². The second-order valence-electron chi connectivity index (χ2n) is 4.79. The van der Waals surface area contributed by atoms with Gasteiger partial charge in [0.15, 0.2) is 0 Å². The minimum Gasteiger partial charge on any atom is -0.354 e. The monoisotopic (exact) mass is 212 g/mol. The van der Waals surface area contributed by atoms with Gasteiger partial charge in [-0.1, -0.05) is 19.8 Å². The summed E-state index contributed by atoms with van der Waals surface area (Å²) in [6, 6.07) is -0.0830. The zero-order chi connectivity index (χ0) is 11.3. The Morgan fingerprint density at radius 1 is 1.40 bits per heavy atom. The fourth-order valence-corrected chi connectivity index (χ4v) is 2.34. The lowest BCUT2D eigenvalue weighted by molar-refractivity contribution is -0.123. The van der Waals surface area contributed by atoms with Gasteiger partial charge in [0.05, 0.1) is 6.04 Å². The summed E-state index contributed by atoms with van der Waals surface area (Å²) in [6.45, 7) is 4.98. The molecule has 3 nitrogen and oxygen atoms in total. The number of amides is 1. The third kappa shape index (κ3) is 3.20. The van der Waals surface area contributed by atoms with E-state index in [1.807, 2.05) is 14.0 Å². The van der Waals surface area contributed by atoms with Crippen molar-refractivity contribution in [1.29, 1.82) is 0 Å². The van der Waals surface area contributed by atoms with Crippen LogP contribution in [0.5, 0.6) is 0 Å². The maximum absolute atomic E-state index is 11.6. The Balaban J connectivity index is 2.37. The zero-order valence-corrected chi connectivity index (χ0v) is 10.2.